The van der Waals surface area contributed by atoms with E-state index in [0.717, 1.165) is 19.3 Å². The number of aromatic nitrogens is 1. The van der Waals surface area contributed by atoms with Gasteiger partial charge >= 0.3 is 0 Å². The summed E-state index contributed by atoms with van der Waals surface area (Å²) in [7, 11) is 0. The molecule has 39 heavy (non-hydrogen) atoms. The number of Topliss-reactive ketones (excluding diaryl/α,β-unsaturated/α-hetero) is 1. The number of nitrogens with zero attached hydrogens (tertiary/aromatic N) is 2. The molecule has 2 heterocycles. The third kappa shape index (κ3) is 6.74. The van der Waals surface area contributed by atoms with Gasteiger partial charge in [-0.2, -0.15) is 0 Å². The van der Waals surface area contributed by atoms with Crippen LogP contribution in [0.4, 0.5) is 0 Å². The molecule has 0 radical (unpaired) electrons. The highest BCUT2D eigenvalue weighted by Crippen LogP contribution is 2.53. The zero-order valence-electron chi connectivity index (χ0n) is 22.6. The number of fused-ring (bicyclic) bond motifs is 1. The topological polar surface area (TPSA) is 102 Å². The number of ether oxygens (including phenoxy) is 1. The highest BCUT2D eigenvalue weighted by molar-refractivity contribution is 6.00. The van der Waals surface area contributed by atoms with Crippen molar-refractivity contribution in [3.8, 4) is 0 Å². The summed E-state index contributed by atoms with van der Waals surface area (Å²) in [4.78, 5) is 46.6. The van der Waals surface area contributed by atoms with Crippen LogP contribution in [0.5, 0.6) is 0 Å². The normalized spacial score (nSPS) is 17.9. The summed E-state index contributed by atoms with van der Waals surface area (Å²) in [5.41, 5.74) is 2.38. The largest absolute Gasteiger partial charge is 0.434 e. The maximum absolute atomic E-state index is 13.8. The van der Waals surface area contributed by atoms with E-state index < -0.39 is 12.0 Å². The molecule has 8 heteroatoms. The first-order chi connectivity index (χ1) is 19.0. The lowest BCUT2D eigenvalue weighted by atomic mass is 9.84. The van der Waals surface area contributed by atoms with Crippen molar-refractivity contribution in [1.82, 2.24) is 15.2 Å². The first-order valence-electron chi connectivity index (χ1n) is 14.1. The summed E-state index contributed by atoms with van der Waals surface area (Å²) >= 11 is 0. The van der Waals surface area contributed by atoms with Crippen molar-refractivity contribution in [2.24, 2.45) is 11.3 Å². The highest BCUT2D eigenvalue weighted by atomic mass is 16.5. The lowest BCUT2D eigenvalue weighted by Crippen LogP contribution is -2.46. The van der Waals surface area contributed by atoms with Crippen molar-refractivity contribution in [3.63, 3.8) is 0 Å². The molecule has 3 aromatic rings. The molecule has 1 N–H and O–H groups in total. The smallest absolute Gasteiger partial charge is 0.266 e. The summed E-state index contributed by atoms with van der Waals surface area (Å²) in [6, 6.07) is 16.8. The number of benzene rings is 2. The molecule has 2 amide bonds. The molecule has 0 unspecified atom stereocenters. The molecule has 5 rings (SSSR count). The number of rotatable bonds is 12. The van der Waals surface area contributed by atoms with Crippen molar-refractivity contribution >= 4 is 28.7 Å². The number of oxazole rings is 1. The van der Waals surface area contributed by atoms with Gasteiger partial charge in [-0.05, 0) is 55.2 Å². The van der Waals surface area contributed by atoms with Gasteiger partial charge in [0.15, 0.2) is 5.58 Å². The van der Waals surface area contributed by atoms with Crippen LogP contribution in [-0.4, -0.2) is 59.8 Å². The Bertz CT molecular complexity index is 1260. The van der Waals surface area contributed by atoms with Crippen molar-refractivity contribution < 1.29 is 23.5 Å². The second-order valence-corrected chi connectivity index (χ2v) is 11.0. The third-order valence-electron chi connectivity index (χ3n) is 7.93. The van der Waals surface area contributed by atoms with Crippen LogP contribution in [0.1, 0.15) is 61.7 Å². The number of carbonyl (C=O) groups excluding carboxylic acids is 3. The Labute approximate surface area is 229 Å². The zero-order valence-corrected chi connectivity index (χ0v) is 22.6. The van der Waals surface area contributed by atoms with Crippen LogP contribution in [0.3, 0.4) is 0 Å². The van der Waals surface area contributed by atoms with Gasteiger partial charge in [-0.1, -0.05) is 55.8 Å². The van der Waals surface area contributed by atoms with Crippen LogP contribution >= 0.6 is 0 Å². The fourth-order valence-corrected chi connectivity index (χ4v) is 5.57. The van der Waals surface area contributed by atoms with Gasteiger partial charge in [-0.15, -0.1) is 0 Å². The Morgan fingerprint density at radius 3 is 2.44 bits per heavy atom. The lowest BCUT2D eigenvalue weighted by Gasteiger charge is -2.30. The van der Waals surface area contributed by atoms with Crippen LogP contribution < -0.4 is 5.32 Å². The first kappa shape index (κ1) is 27.1. The van der Waals surface area contributed by atoms with Crippen LogP contribution in [0.25, 0.3) is 11.1 Å². The number of nitrogens with one attached hydrogen (secondary N) is 1. The maximum Gasteiger partial charge on any atom is 0.266 e. The van der Waals surface area contributed by atoms with Gasteiger partial charge in [-0.3, -0.25) is 14.4 Å². The van der Waals surface area contributed by atoms with E-state index in [1.165, 1.54) is 5.56 Å². The van der Waals surface area contributed by atoms with Gasteiger partial charge in [0.2, 0.25) is 17.6 Å². The van der Waals surface area contributed by atoms with E-state index in [1.54, 1.807) is 17.0 Å². The molecular weight excluding hydrogens is 494 g/mol. The molecule has 1 saturated heterocycles. The molecule has 206 valence electrons. The molecule has 2 aromatic carbocycles. The Kier molecular flexibility index (Phi) is 8.41. The van der Waals surface area contributed by atoms with Crippen molar-refractivity contribution in [3.05, 3.63) is 66.1 Å². The molecule has 1 saturated carbocycles. The molecular formula is C31H37N3O5. The van der Waals surface area contributed by atoms with Gasteiger partial charge in [-0.25, -0.2) is 4.98 Å². The lowest BCUT2D eigenvalue weighted by molar-refractivity contribution is -0.140. The third-order valence-corrected chi connectivity index (χ3v) is 7.93. The predicted molar refractivity (Wildman–Crippen MR) is 147 cm³/mol. The van der Waals surface area contributed by atoms with E-state index in [2.05, 4.69) is 22.4 Å². The van der Waals surface area contributed by atoms with Gasteiger partial charge in [0, 0.05) is 25.4 Å². The molecule has 0 bridgehead atoms. The quantitative estimate of drug-likeness (QED) is 0.344. The number of para-hydroxylation sites is 2. The number of ketones is 1. The minimum atomic E-state index is -0.763. The maximum atomic E-state index is 13.8. The molecule has 2 fully saturated rings. The Morgan fingerprint density at radius 2 is 1.74 bits per heavy atom. The number of carbonyl (C=O) groups is 3. The Hall–Kier alpha value is -3.52. The van der Waals surface area contributed by atoms with E-state index in [0.29, 0.717) is 56.7 Å². The summed E-state index contributed by atoms with van der Waals surface area (Å²) in [6.07, 6.45) is 4.83. The van der Waals surface area contributed by atoms with Gasteiger partial charge in [0.05, 0.1) is 19.3 Å². The average molecular weight is 532 g/mol. The first-order valence-corrected chi connectivity index (χ1v) is 14.1. The summed E-state index contributed by atoms with van der Waals surface area (Å²) < 4.78 is 11.1. The monoisotopic (exact) mass is 531 g/mol. The van der Waals surface area contributed by atoms with E-state index in [1.807, 2.05) is 37.3 Å². The van der Waals surface area contributed by atoms with Gasteiger partial charge in [0.1, 0.15) is 5.52 Å². The Morgan fingerprint density at radius 1 is 1.03 bits per heavy atom. The molecule has 2 aliphatic rings. The van der Waals surface area contributed by atoms with Crippen molar-refractivity contribution in [2.45, 2.75) is 57.9 Å². The fraction of sp³-hybridized carbons (Fsp3) is 0.484. The minimum Gasteiger partial charge on any atom is -0.434 e. The zero-order chi connectivity index (χ0) is 27.2. The second kappa shape index (κ2) is 12.1. The van der Waals surface area contributed by atoms with Gasteiger partial charge < -0.3 is 19.4 Å². The summed E-state index contributed by atoms with van der Waals surface area (Å²) in [5, 5.41) is 3.00. The van der Waals surface area contributed by atoms with Gasteiger partial charge in [0.25, 0.3) is 5.89 Å². The summed E-state index contributed by atoms with van der Waals surface area (Å²) in [6.45, 7) is 4.07. The van der Waals surface area contributed by atoms with E-state index >= 15 is 0 Å². The van der Waals surface area contributed by atoms with E-state index in [9.17, 15) is 14.4 Å². The number of hydrogen-bond acceptors (Lipinski definition) is 6. The average Bonchev–Trinajstić information content (AvgIpc) is 3.57. The highest BCUT2D eigenvalue weighted by Gasteiger charge is 2.46. The SMILES string of the molecule is CCC[C@H](NC(=O)[C@@H](CC(=O)N1CCOCC1)CC1(Cc2ccccc2)CC1)C(=O)c1nc2ccccc2o1. The predicted octanol–water partition coefficient (Wildman–Crippen LogP) is 4.57. The molecule has 1 aliphatic carbocycles. The molecule has 1 aliphatic heterocycles. The van der Waals surface area contributed by atoms with E-state index in [4.69, 9.17) is 9.15 Å². The minimum absolute atomic E-state index is 0.000791. The Balaban J connectivity index is 1.33. The van der Waals surface area contributed by atoms with Crippen LogP contribution in [0.15, 0.2) is 59.0 Å². The van der Waals surface area contributed by atoms with Crippen LogP contribution in [0, 0.1) is 11.3 Å². The molecule has 0 spiro atoms. The standard InChI is InChI=1S/C31H37N3O5/c1-2-8-25(28(36)30-33-24-11-6-7-12-26(24)39-30)32-29(37)23(19-27(35)34-15-17-38-18-16-34)21-31(13-14-31)20-22-9-4-3-5-10-22/h3-7,9-12,23,25H,2,8,13-21H2,1H3,(H,32,37)/t23-,25-/m0/s1. The van der Waals surface area contributed by atoms with E-state index in [-0.39, 0.29) is 35.3 Å². The fourth-order valence-electron chi connectivity index (χ4n) is 5.57. The number of hydrogen-bond donors (Lipinski definition) is 1. The summed E-state index contributed by atoms with van der Waals surface area (Å²) in [5.74, 6) is -1.16. The van der Waals surface area contributed by atoms with Crippen LogP contribution in [-0.2, 0) is 20.7 Å². The second-order valence-electron chi connectivity index (χ2n) is 11.0. The van der Waals surface area contributed by atoms with Crippen molar-refractivity contribution in [1.29, 1.82) is 0 Å². The molecule has 2 atom stereocenters. The molecule has 8 nitrogen and oxygen atoms in total. The molecule has 1 aromatic heterocycles. The number of amides is 2. The van der Waals surface area contributed by atoms with Crippen LogP contribution in [0.2, 0.25) is 0 Å². The number of morpholine rings is 1. The van der Waals surface area contributed by atoms with Crippen molar-refractivity contribution in [2.75, 3.05) is 26.3 Å².